The molecule has 1 heterocycles. The van der Waals surface area contributed by atoms with Crippen LogP contribution in [-0.2, 0) is 4.79 Å². The summed E-state index contributed by atoms with van der Waals surface area (Å²) in [5.41, 5.74) is 0. The Morgan fingerprint density at radius 3 is 2.72 bits per heavy atom. The predicted molar refractivity (Wildman–Crippen MR) is 70.5 cm³/mol. The zero-order valence-corrected chi connectivity index (χ0v) is 10.8. The Morgan fingerprint density at radius 2 is 2.06 bits per heavy atom. The second-order valence-electron chi connectivity index (χ2n) is 4.43. The summed E-state index contributed by atoms with van der Waals surface area (Å²) in [6, 6.07) is 1.84. The first-order chi connectivity index (χ1) is 8.69. The Kier molecular flexibility index (Phi) is 3.96. The molecule has 98 valence electrons. The van der Waals surface area contributed by atoms with Crippen LogP contribution in [0.15, 0.2) is 6.07 Å². The quantitative estimate of drug-likeness (QED) is 0.649. The van der Waals surface area contributed by atoms with Crippen LogP contribution in [0.2, 0.25) is 0 Å². The minimum absolute atomic E-state index is 0.173. The molecule has 0 radical (unpaired) electrons. The van der Waals surface area contributed by atoms with Crippen LogP contribution in [0, 0.1) is 12.8 Å². The Hall–Kier alpha value is -1.85. The molecule has 6 nitrogen and oxygen atoms in total. The van der Waals surface area contributed by atoms with Gasteiger partial charge in [0.05, 0.1) is 0 Å². The standard InChI is InChI=1S/C12H19N5O/c1-8-16-10(13-2)7-11(17-8)14-5-6-15-12(18)9-3-4-9/h7,9H,3-6H2,1-2H3,(H,15,18)(H2,13,14,16,17). The largest absolute Gasteiger partial charge is 0.373 e. The van der Waals surface area contributed by atoms with Gasteiger partial charge in [-0.25, -0.2) is 9.97 Å². The van der Waals surface area contributed by atoms with E-state index in [2.05, 4.69) is 25.9 Å². The van der Waals surface area contributed by atoms with Crippen molar-refractivity contribution in [3.63, 3.8) is 0 Å². The van der Waals surface area contributed by atoms with E-state index in [0.29, 0.717) is 18.9 Å². The van der Waals surface area contributed by atoms with Crippen molar-refractivity contribution < 1.29 is 4.79 Å². The molecule has 0 bridgehead atoms. The number of hydrogen-bond donors (Lipinski definition) is 3. The van der Waals surface area contributed by atoms with E-state index >= 15 is 0 Å². The third kappa shape index (κ3) is 3.58. The van der Waals surface area contributed by atoms with Crippen LogP contribution in [0.3, 0.4) is 0 Å². The number of aromatic nitrogens is 2. The van der Waals surface area contributed by atoms with Gasteiger partial charge in [-0.2, -0.15) is 0 Å². The highest BCUT2D eigenvalue weighted by molar-refractivity contribution is 5.80. The lowest BCUT2D eigenvalue weighted by molar-refractivity contribution is -0.122. The highest BCUT2D eigenvalue weighted by atomic mass is 16.2. The third-order valence-electron chi connectivity index (χ3n) is 2.77. The number of aryl methyl sites for hydroxylation is 1. The van der Waals surface area contributed by atoms with Gasteiger partial charge in [0.2, 0.25) is 5.91 Å². The van der Waals surface area contributed by atoms with Gasteiger partial charge in [-0.15, -0.1) is 0 Å². The van der Waals surface area contributed by atoms with Gasteiger partial charge in [0.1, 0.15) is 17.5 Å². The fourth-order valence-electron chi connectivity index (χ4n) is 1.65. The van der Waals surface area contributed by atoms with E-state index in [4.69, 9.17) is 0 Å². The lowest BCUT2D eigenvalue weighted by Crippen LogP contribution is -2.30. The molecule has 1 amide bonds. The monoisotopic (exact) mass is 249 g/mol. The highest BCUT2D eigenvalue weighted by Crippen LogP contribution is 2.28. The first kappa shape index (κ1) is 12.6. The number of nitrogens with zero attached hydrogens (tertiary/aromatic N) is 2. The number of carbonyl (C=O) groups is 1. The maximum absolute atomic E-state index is 11.4. The van der Waals surface area contributed by atoms with Gasteiger partial charge in [0, 0.05) is 32.1 Å². The minimum atomic E-state index is 0.173. The van der Waals surface area contributed by atoms with E-state index in [1.807, 2.05) is 20.0 Å². The molecule has 1 aliphatic carbocycles. The van der Waals surface area contributed by atoms with Gasteiger partial charge in [-0.3, -0.25) is 4.79 Å². The van der Waals surface area contributed by atoms with Crippen molar-refractivity contribution in [2.45, 2.75) is 19.8 Å². The zero-order valence-electron chi connectivity index (χ0n) is 10.8. The Labute approximate surface area is 107 Å². The molecule has 0 aliphatic heterocycles. The molecule has 18 heavy (non-hydrogen) atoms. The van der Waals surface area contributed by atoms with Gasteiger partial charge in [-0.1, -0.05) is 0 Å². The summed E-state index contributed by atoms with van der Waals surface area (Å²) in [7, 11) is 1.82. The van der Waals surface area contributed by atoms with E-state index in [9.17, 15) is 4.79 Å². The fourth-order valence-corrected chi connectivity index (χ4v) is 1.65. The fraction of sp³-hybridized carbons (Fsp3) is 0.583. The summed E-state index contributed by atoms with van der Waals surface area (Å²) < 4.78 is 0. The van der Waals surface area contributed by atoms with Crippen molar-refractivity contribution in [3.8, 4) is 0 Å². The Balaban J connectivity index is 1.75. The molecule has 0 unspecified atom stereocenters. The molecule has 1 saturated carbocycles. The second-order valence-corrected chi connectivity index (χ2v) is 4.43. The van der Waals surface area contributed by atoms with Crippen LogP contribution in [-0.4, -0.2) is 36.0 Å². The van der Waals surface area contributed by atoms with Crippen LogP contribution in [0.1, 0.15) is 18.7 Å². The molecule has 1 aliphatic rings. The summed E-state index contributed by atoms with van der Waals surface area (Å²) in [4.78, 5) is 19.9. The molecule has 0 atom stereocenters. The van der Waals surface area contributed by atoms with Crippen molar-refractivity contribution in [2.24, 2.45) is 5.92 Å². The average molecular weight is 249 g/mol. The van der Waals surface area contributed by atoms with Crippen LogP contribution in [0.5, 0.6) is 0 Å². The van der Waals surface area contributed by atoms with Crippen molar-refractivity contribution in [3.05, 3.63) is 11.9 Å². The summed E-state index contributed by atoms with van der Waals surface area (Å²) in [6.07, 6.45) is 2.08. The van der Waals surface area contributed by atoms with Crippen molar-refractivity contribution >= 4 is 17.5 Å². The molecule has 1 fully saturated rings. The SMILES string of the molecule is CNc1cc(NCCNC(=O)C2CC2)nc(C)n1. The Morgan fingerprint density at radius 1 is 1.33 bits per heavy atom. The minimum Gasteiger partial charge on any atom is -0.373 e. The van der Waals surface area contributed by atoms with Gasteiger partial charge in [0.25, 0.3) is 0 Å². The lowest BCUT2D eigenvalue weighted by atomic mass is 10.4. The van der Waals surface area contributed by atoms with Crippen LogP contribution in [0.4, 0.5) is 11.6 Å². The maximum atomic E-state index is 11.4. The highest BCUT2D eigenvalue weighted by Gasteiger charge is 2.28. The van der Waals surface area contributed by atoms with Crippen molar-refractivity contribution in [1.82, 2.24) is 15.3 Å². The second kappa shape index (κ2) is 5.66. The summed E-state index contributed by atoms with van der Waals surface area (Å²) >= 11 is 0. The van der Waals surface area contributed by atoms with Gasteiger partial charge in [-0.05, 0) is 19.8 Å². The zero-order chi connectivity index (χ0) is 13.0. The third-order valence-corrected chi connectivity index (χ3v) is 2.77. The first-order valence-electron chi connectivity index (χ1n) is 6.24. The van der Waals surface area contributed by atoms with E-state index in [0.717, 1.165) is 24.5 Å². The number of carbonyl (C=O) groups excluding carboxylic acids is 1. The summed E-state index contributed by atoms with van der Waals surface area (Å²) in [6.45, 7) is 3.13. The summed E-state index contributed by atoms with van der Waals surface area (Å²) in [5.74, 6) is 2.71. The molecular weight excluding hydrogens is 230 g/mol. The van der Waals surface area contributed by atoms with E-state index in [-0.39, 0.29) is 11.8 Å². The van der Waals surface area contributed by atoms with Gasteiger partial charge >= 0.3 is 0 Å². The molecule has 6 heteroatoms. The number of nitrogens with one attached hydrogen (secondary N) is 3. The van der Waals surface area contributed by atoms with Crippen LogP contribution in [0.25, 0.3) is 0 Å². The smallest absolute Gasteiger partial charge is 0.223 e. The van der Waals surface area contributed by atoms with Crippen LogP contribution < -0.4 is 16.0 Å². The van der Waals surface area contributed by atoms with Crippen molar-refractivity contribution in [2.75, 3.05) is 30.8 Å². The average Bonchev–Trinajstić information content (AvgIpc) is 3.17. The lowest BCUT2D eigenvalue weighted by Gasteiger charge is -2.09. The van der Waals surface area contributed by atoms with Crippen LogP contribution >= 0.6 is 0 Å². The number of anilines is 2. The van der Waals surface area contributed by atoms with Crippen molar-refractivity contribution in [1.29, 1.82) is 0 Å². The Bertz CT molecular complexity index is 430. The summed E-state index contributed by atoms with van der Waals surface area (Å²) in [5, 5.41) is 9.05. The van der Waals surface area contributed by atoms with Gasteiger partial charge in [0.15, 0.2) is 0 Å². The number of rotatable bonds is 6. The molecule has 0 saturated heterocycles. The molecular formula is C12H19N5O. The molecule has 1 aromatic rings. The van der Waals surface area contributed by atoms with Gasteiger partial charge < -0.3 is 16.0 Å². The van der Waals surface area contributed by atoms with E-state index in [1.54, 1.807) is 0 Å². The number of amides is 1. The molecule has 2 rings (SSSR count). The molecule has 1 aromatic heterocycles. The topological polar surface area (TPSA) is 78.9 Å². The molecule has 0 spiro atoms. The maximum Gasteiger partial charge on any atom is 0.223 e. The van der Waals surface area contributed by atoms with E-state index < -0.39 is 0 Å². The number of hydrogen-bond acceptors (Lipinski definition) is 5. The van der Waals surface area contributed by atoms with E-state index in [1.165, 1.54) is 0 Å². The molecule has 0 aromatic carbocycles. The molecule has 3 N–H and O–H groups in total. The predicted octanol–water partition coefficient (Wildman–Crippen LogP) is 0.765. The normalized spacial score (nSPS) is 14.1. The first-order valence-corrected chi connectivity index (χ1v) is 6.24.